The number of thioether (sulfide) groups is 1. The van der Waals surface area contributed by atoms with Crippen molar-refractivity contribution in [2.24, 2.45) is 5.41 Å². The molecule has 0 unspecified atom stereocenters. The third-order valence-corrected chi connectivity index (χ3v) is 3.99. The summed E-state index contributed by atoms with van der Waals surface area (Å²) < 4.78 is 0. The summed E-state index contributed by atoms with van der Waals surface area (Å²) in [6, 6.07) is 15.2. The summed E-state index contributed by atoms with van der Waals surface area (Å²) >= 11 is 1.94. The minimum absolute atomic E-state index is 0.385. The van der Waals surface area contributed by atoms with Crippen LogP contribution in [0.4, 0.5) is 0 Å². The number of benzene rings is 2. The first-order valence-electron chi connectivity index (χ1n) is 5.66. The molecule has 0 N–H and O–H groups in total. The molecule has 0 amide bonds. The number of hydrogen-bond donors (Lipinski definition) is 0. The molecule has 0 saturated heterocycles. The first-order valence-corrected chi connectivity index (χ1v) is 6.65. The fourth-order valence-electron chi connectivity index (χ4n) is 1.56. The van der Waals surface area contributed by atoms with Gasteiger partial charge in [0.1, 0.15) is 0 Å². The molecular weight excluding hydrogens is 212 g/mol. The topological polar surface area (TPSA) is 0 Å². The third kappa shape index (κ3) is 3.02. The maximum absolute atomic E-state index is 2.28. The van der Waals surface area contributed by atoms with Crippen LogP contribution >= 0.6 is 11.8 Å². The smallest absolute Gasteiger partial charge is 0.00785 e. The second-order valence-electron chi connectivity index (χ2n) is 5.36. The molecule has 16 heavy (non-hydrogen) atoms. The molecule has 84 valence electrons. The van der Waals surface area contributed by atoms with Crippen LogP contribution in [0.5, 0.6) is 0 Å². The number of rotatable bonds is 2. The molecule has 2 aromatic rings. The van der Waals surface area contributed by atoms with Crippen LogP contribution in [-0.4, -0.2) is 5.75 Å². The van der Waals surface area contributed by atoms with E-state index in [1.165, 1.54) is 15.7 Å². The van der Waals surface area contributed by atoms with Crippen molar-refractivity contribution in [3.63, 3.8) is 0 Å². The van der Waals surface area contributed by atoms with Crippen molar-refractivity contribution in [1.82, 2.24) is 0 Å². The highest BCUT2D eigenvalue weighted by atomic mass is 32.2. The summed E-state index contributed by atoms with van der Waals surface area (Å²) in [4.78, 5) is 1.37. The monoisotopic (exact) mass is 230 g/mol. The molecule has 0 radical (unpaired) electrons. The second-order valence-corrected chi connectivity index (χ2v) is 6.41. The largest absolute Gasteiger partial charge is 0.126 e. The van der Waals surface area contributed by atoms with Gasteiger partial charge in [-0.15, -0.1) is 11.8 Å². The van der Waals surface area contributed by atoms with Gasteiger partial charge in [0.05, 0.1) is 0 Å². The first kappa shape index (κ1) is 11.5. The summed E-state index contributed by atoms with van der Waals surface area (Å²) in [6.07, 6.45) is 0. The molecule has 0 fully saturated rings. The van der Waals surface area contributed by atoms with Crippen LogP contribution in [-0.2, 0) is 0 Å². The van der Waals surface area contributed by atoms with Gasteiger partial charge < -0.3 is 0 Å². The molecule has 0 nitrogen and oxygen atoms in total. The van der Waals surface area contributed by atoms with E-state index in [0.29, 0.717) is 5.41 Å². The Balaban J connectivity index is 2.20. The second kappa shape index (κ2) is 4.50. The molecule has 1 heteroatoms. The molecule has 0 heterocycles. The van der Waals surface area contributed by atoms with Gasteiger partial charge in [-0.2, -0.15) is 0 Å². The van der Waals surface area contributed by atoms with Crippen molar-refractivity contribution < 1.29 is 0 Å². The summed E-state index contributed by atoms with van der Waals surface area (Å²) in [5, 5.41) is 2.66. The minimum Gasteiger partial charge on any atom is -0.126 e. The highest BCUT2D eigenvalue weighted by Crippen LogP contribution is 2.29. The molecule has 2 aromatic carbocycles. The Morgan fingerprint density at radius 1 is 0.938 bits per heavy atom. The van der Waals surface area contributed by atoms with Gasteiger partial charge in [-0.3, -0.25) is 0 Å². The molecule has 2 rings (SSSR count). The molecule has 0 aromatic heterocycles. The van der Waals surface area contributed by atoms with Crippen molar-refractivity contribution in [2.45, 2.75) is 25.7 Å². The Morgan fingerprint density at radius 3 is 2.31 bits per heavy atom. The van der Waals surface area contributed by atoms with E-state index in [1.807, 2.05) is 11.8 Å². The van der Waals surface area contributed by atoms with Gasteiger partial charge in [-0.1, -0.05) is 51.1 Å². The predicted octanol–water partition coefficient (Wildman–Crippen LogP) is 4.98. The van der Waals surface area contributed by atoms with E-state index in [9.17, 15) is 0 Å². The lowest BCUT2D eigenvalue weighted by Gasteiger charge is -2.17. The fraction of sp³-hybridized carbons (Fsp3) is 0.333. The highest BCUT2D eigenvalue weighted by Gasteiger charge is 2.10. The summed E-state index contributed by atoms with van der Waals surface area (Å²) in [5.74, 6) is 1.16. The average molecular weight is 230 g/mol. The van der Waals surface area contributed by atoms with Crippen molar-refractivity contribution in [2.75, 3.05) is 5.75 Å². The fourth-order valence-corrected chi connectivity index (χ4v) is 2.53. The van der Waals surface area contributed by atoms with E-state index in [-0.39, 0.29) is 0 Å². The van der Waals surface area contributed by atoms with Crippen molar-refractivity contribution in [3.8, 4) is 0 Å². The van der Waals surface area contributed by atoms with Crippen LogP contribution < -0.4 is 0 Å². The lowest BCUT2D eigenvalue weighted by molar-refractivity contribution is 0.481. The lowest BCUT2D eigenvalue weighted by Crippen LogP contribution is -2.07. The third-order valence-electron chi connectivity index (χ3n) is 2.39. The Morgan fingerprint density at radius 2 is 1.62 bits per heavy atom. The van der Waals surface area contributed by atoms with Crippen molar-refractivity contribution in [3.05, 3.63) is 42.5 Å². The molecular formula is C15H18S. The van der Waals surface area contributed by atoms with Crippen LogP contribution in [0.3, 0.4) is 0 Å². The highest BCUT2D eigenvalue weighted by molar-refractivity contribution is 7.99. The van der Waals surface area contributed by atoms with E-state index in [4.69, 9.17) is 0 Å². The zero-order valence-electron chi connectivity index (χ0n) is 10.2. The summed E-state index contributed by atoms with van der Waals surface area (Å²) in [6.45, 7) is 6.84. The van der Waals surface area contributed by atoms with E-state index in [2.05, 4.69) is 63.2 Å². The number of hydrogen-bond acceptors (Lipinski definition) is 1. The lowest BCUT2D eigenvalue weighted by atomic mass is 10.0. The molecule has 0 bridgehead atoms. The summed E-state index contributed by atoms with van der Waals surface area (Å²) in [7, 11) is 0. The first-order chi connectivity index (χ1) is 7.54. The van der Waals surface area contributed by atoms with Gasteiger partial charge in [0, 0.05) is 10.6 Å². The Kier molecular flexibility index (Phi) is 3.25. The maximum Gasteiger partial charge on any atom is 0.00785 e. The molecule has 0 aliphatic heterocycles. The van der Waals surface area contributed by atoms with Gasteiger partial charge in [0.25, 0.3) is 0 Å². The Labute approximate surface area is 102 Å². The van der Waals surface area contributed by atoms with E-state index < -0.39 is 0 Å². The van der Waals surface area contributed by atoms with Gasteiger partial charge in [-0.25, -0.2) is 0 Å². The number of fused-ring (bicyclic) bond motifs is 1. The van der Waals surface area contributed by atoms with E-state index in [1.54, 1.807) is 0 Å². The summed E-state index contributed by atoms with van der Waals surface area (Å²) in [5.41, 5.74) is 0.385. The van der Waals surface area contributed by atoms with E-state index in [0.717, 1.165) is 5.75 Å². The molecule has 0 aliphatic rings. The van der Waals surface area contributed by atoms with Crippen LogP contribution in [0.1, 0.15) is 20.8 Å². The average Bonchev–Trinajstić information content (AvgIpc) is 2.25. The van der Waals surface area contributed by atoms with Crippen molar-refractivity contribution >= 4 is 22.5 Å². The van der Waals surface area contributed by atoms with E-state index >= 15 is 0 Å². The van der Waals surface area contributed by atoms with Crippen LogP contribution in [0.2, 0.25) is 0 Å². The molecule has 0 aliphatic carbocycles. The SMILES string of the molecule is CC(C)(C)CSc1ccc2ccccc2c1. The predicted molar refractivity (Wildman–Crippen MR) is 74.1 cm³/mol. The molecule has 0 saturated carbocycles. The Hall–Kier alpha value is -0.950. The normalized spacial score (nSPS) is 11.9. The van der Waals surface area contributed by atoms with Gasteiger partial charge >= 0.3 is 0 Å². The van der Waals surface area contributed by atoms with Gasteiger partial charge in [0.15, 0.2) is 0 Å². The maximum atomic E-state index is 2.28. The molecule has 0 atom stereocenters. The van der Waals surface area contributed by atoms with Crippen LogP contribution in [0.15, 0.2) is 47.4 Å². The van der Waals surface area contributed by atoms with Crippen LogP contribution in [0, 0.1) is 5.41 Å². The quantitative estimate of drug-likeness (QED) is 0.656. The molecule has 0 spiro atoms. The minimum atomic E-state index is 0.385. The van der Waals surface area contributed by atoms with Gasteiger partial charge in [-0.05, 0) is 28.3 Å². The van der Waals surface area contributed by atoms with Crippen molar-refractivity contribution in [1.29, 1.82) is 0 Å². The zero-order chi connectivity index (χ0) is 11.6. The standard InChI is InChI=1S/C15H18S/c1-15(2,3)11-16-14-9-8-12-6-4-5-7-13(12)10-14/h4-10H,11H2,1-3H3. The van der Waals surface area contributed by atoms with Gasteiger partial charge in [0.2, 0.25) is 0 Å². The van der Waals surface area contributed by atoms with Crippen LogP contribution in [0.25, 0.3) is 10.8 Å². The zero-order valence-corrected chi connectivity index (χ0v) is 11.0. The Bertz CT molecular complexity index is 480.